The van der Waals surface area contributed by atoms with Gasteiger partial charge in [0.2, 0.25) is 0 Å². The van der Waals surface area contributed by atoms with Crippen LogP contribution in [0.5, 0.6) is 0 Å². The molecular weight excluding hydrogens is 249 g/mol. The Morgan fingerprint density at radius 3 is 2.86 bits per heavy atom. The molecule has 0 bridgehead atoms. The average molecular weight is 262 g/mol. The lowest BCUT2D eigenvalue weighted by atomic mass is 10.2. The van der Waals surface area contributed by atoms with Gasteiger partial charge in [-0.05, 0) is 40.5 Å². The van der Waals surface area contributed by atoms with E-state index in [9.17, 15) is 4.39 Å². The molecule has 4 heteroatoms. The van der Waals surface area contributed by atoms with Gasteiger partial charge < -0.3 is 10.4 Å². The van der Waals surface area contributed by atoms with Crippen LogP contribution in [0.1, 0.15) is 12.5 Å². The van der Waals surface area contributed by atoms with Crippen LogP contribution in [0.4, 0.5) is 4.39 Å². The first kappa shape index (κ1) is 11.6. The number of rotatable bonds is 4. The Hall–Kier alpha value is -0.450. The first-order valence-corrected chi connectivity index (χ1v) is 5.21. The molecule has 1 atom stereocenters. The standard InChI is InChI=1S/C10H13BrFNO/c1-7(6-14)13-5-8-2-3-9(11)10(12)4-8/h2-4,7,13-14H,5-6H2,1H3/t7-/m1/s1. The zero-order valence-corrected chi connectivity index (χ0v) is 9.51. The Bertz CT molecular complexity index is 306. The number of aliphatic hydroxyl groups excluding tert-OH is 1. The first-order chi connectivity index (χ1) is 6.63. The lowest BCUT2D eigenvalue weighted by Gasteiger charge is -2.10. The maximum atomic E-state index is 13.1. The summed E-state index contributed by atoms with van der Waals surface area (Å²) in [4.78, 5) is 0. The predicted molar refractivity (Wildman–Crippen MR) is 57.5 cm³/mol. The van der Waals surface area contributed by atoms with Crippen LogP contribution < -0.4 is 5.32 Å². The molecular formula is C10H13BrFNO. The van der Waals surface area contributed by atoms with Crippen molar-refractivity contribution in [2.75, 3.05) is 6.61 Å². The highest BCUT2D eigenvalue weighted by Gasteiger charge is 2.02. The Balaban J connectivity index is 2.55. The molecule has 0 unspecified atom stereocenters. The van der Waals surface area contributed by atoms with Crippen molar-refractivity contribution in [3.05, 3.63) is 34.1 Å². The third-order valence-electron chi connectivity index (χ3n) is 1.91. The summed E-state index contributed by atoms with van der Waals surface area (Å²) in [5.41, 5.74) is 0.867. The molecule has 0 aliphatic rings. The smallest absolute Gasteiger partial charge is 0.137 e. The van der Waals surface area contributed by atoms with Crippen molar-refractivity contribution in [2.24, 2.45) is 0 Å². The summed E-state index contributed by atoms with van der Waals surface area (Å²) in [6, 6.07) is 5.02. The number of benzene rings is 1. The maximum absolute atomic E-state index is 13.1. The number of aliphatic hydroxyl groups is 1. The Labute approximate surface area is 91.3 Å². The highest BCUT2D eigenvalue weighted by Crippen LogP contribution is 2.16. The number of nitrogens with one attached hydrogen (secondary N) is 1. The van der Waals surface area contributed by atoms with E-state index >= 15 is 0 Å². The lowest BCUT2D eigenvalue weighted by Crippen LogP contribution is -2.28. The molecule has 0 radical (unpaired) electrons. The molecule has 0 fully saturated rings. The maximum Gasteiger partial charge on any atom is 0.137 e. The van der Waals surface area contributed by atoms with Gasteiger partial charge in [0, 0.05) is 12.6 Å². The molecule has 2 N–H and O–H groups in total. The van der Waals surface area contributed by atoms with Crippen LogP contribution in [-0.4, -0.2) is 17.8 Å². The van der Waals surface area contributed by atoms with Crippen molar-refractivity contribution in [1.29, 1.82) is 0 Å². The number of hydrogen-bond acceptors (Lipinski definition) is 2. The van der Waals surface area contributed by atoms with Crippen molar-refractivity contribution >= 4 is 15.9 Å². The molecule has 0 saturated carbocycles. The van der Waals surface area contributed by atoms with Gasteiger partial charge >= 0.3 is 0 Å². The highest BCUT2D eigenvalue weighted by molar-refractivity contribution is 9.10. The molecule has 0 aromatic heterocycles. The van der Waals surface area contributed by atoms with Crippen molar-refractivity contribution in [1.82, 2.24) is 5.32 Å². The molecule has 2 nitrogen and oxygen atoms in total. The van der Waals surface area contributed by atoms with Crippen LogP contribution in [0.3, 0.4) is 0 Å². The second-order valence-electron chi connectivity index (χ2n) is 3.21. The van der Waals surface area contributed by atoms with Gasteiger partial charge in [-0.3, -0.25) is 0 Å². The van der Waals surface area contributed by atoms with Crippen molar-refractivity contribution < 1.29 is 9.50 Å². The van der Waals surface area contributed by atoms with E-state index in [2.05, 4.69) is 21.2 Å². The SMILES string of the molecule is C[C@H](CO)NCc1ccc(Br)c(F)c1. The molecule has 78 valence electrons. The normalized spacial score (nSPS) is 12.9. The molecule has 0 spiro atoms. The van der Waals surface area contributed by atoms with Gasteiger partial charge in [0.1, 0.15) is 5.82 Å². The minimum atomic E-state index is -0.263. The van der Waals surface area contributed by atoms with E-state index in [4.69, 9.17) is 5.11 Å². The zero-order chi connectivity index (χ0) is 10.6. The van der Waals surface area contributed by atoms with Gasteiger partial charge in [0.15, 0.2) is 0 Å². The summed E-state index contributed by atoms with van der Waals surface area (Å²) in [7, 11) is 0. The van der Waals surface area contributed by atoms with E-state index in [-0.39, 0.29) is 18.5 Å². The molecule has 0 amide bonds. The van der Waals surface area contributed by atoms with Gasteiger partial charge in [0.25, 0.3) is 0 Å². The Kier molecular flexibility index (Phi) is 4.51. The largest absolute Gasteiger partial charge is 0.395 e. The van der Waals surface area contributed by atoms with E-state index in [1.807, 2.05) is 13.0 Å². The molecule has 0 aliphatic heterocycles. The van der Waals surface area contributed by atoms with Gasteiger partial charge in [-0.15, -0.1) is 0 Å². The Morgan fingerprint density at radius 2 is 2.29 bits per heavy atom. The third kappa shape index (κ3) is 3.36. The summed E-state index contributed by atoms with van der Waals surface area (Å²) in [5.74, 6) is -0.263. The van der Waals surface area contributed by atoms with Crippen molar-refractivity contribution in [2.45, 2.75) is 19.5 Å². The van der Waals surface area contributed by atoms with Gasteiger partial charge in [-0.25, -0.2) is 4.39 Å². The molecule has 14 heavy (non-hydrogen) atoms. The lowest BCUT2D eigenvalue weighted by molar-refractivity contribution is 0.251. The molecule has 0 heterocycles. The van der Waals surface area contributed by atoms with Crippen LogP contribution in [0, 0.1) is 5.82 Å². The van der Waals surface area contributed by atoms with Crippen LogP contribution in [0.2, 0.25) is 0 Å². The van der Waals surface area contributed by atoms with E-state index in [0.29, 0.717) is 11.0 Å². The first-order valence-electron chi connectivity index (χ1n) is 4.41. The van der Waals surface area contributed by atoms with Crippen LogP contribution in [-0.2, 0) is 6.54 Å². The predicted octanol–water partition coefficient (Wildman–Crippen LogP) is 2.06. The third-order valence-corrected chi connectivity index (χ3v) is 2.56. The zero-order valence-electron chi connectivity index (χ0n) is 7.93. The minimum absolute atomic E-state index is 0.0294. The fourth-order valence-corrected chi connectivity index (χ4v) is 1.25. The Morgan fingerprint density at radius 1 is 1.57 bits per heavy atom. The summed E-state index contributed by atoms with van der Waals surface area (Å²) in [6.07, 6.45) is 0. The summed E-state index contributed by atoms with van der Waals surface area (Å²) < 4.78 is 13.5. The fraction of sp³-hybridized carbons (Fsp3) is 0.400. The second kappa shape index (κ2) is 5.44. The summed E-state index contributed by atoms with van der Waals surface area (Å²) in [6.45, 7) is 2.51. The van der Waals surface area contributed by atoms with E-state index in [1.54, 1.807) is 6.07 Å². The number of hydrogen-bond donors (Lipinski definition) is 2. The van der Waals surface area contributed by atoms with Crippen LogP contribution >= 0.6 is 15.9 Å². The topological polar surface area (TPSA) is 32.3 Å². The molecule has 1 aromatic carbocycles. The quantitative estimate of drug-likeness (QED) is 0.870. The van der Waals surface area contributed by atoms with Gasteiger partial charge in [0.05, 0.1) is 11.1 Å². The molecule has 1 rings (SSSR count). The van der Waals surface area contributed by atoms with E-state index in [1.165, 1.54) is 6.07 Å². The van der Waals surface area contributed by atoms with Crippen LogP contribution in [0.15, 0.2) is 22.7 Å². The fourth-order valence-electron chi connectivity index (χ4n) is 1.01. The summed E-state index contributed by atoms with van der Waals surface area (Å²) in [5, 5.41) is 11.8. The molecule has 1 aromatic rings. The average Bonchev–Trinajstić information content (AvgIpc) is 2.19. The van der Waals surface area contributed by atoms with Crippen molar-refractivity contribution in [3.63, 3.8) is 0 Å². The van der Waals surface area contributed by atoms with Crippen molar-refractivity contribution in [3.8, 4) is 0 Å². The number of halogens is 2. The second-order valence-corrected chi connectivity index (χ2v) is 4.07. The van der Waals surface area contributed by atoms with E-state index < -0.39 is 0 Å². The van der Waals surface area contributed by atoms with Crippen LogP contribution in [0.25, 0.3) is 0 Å². The monoisotopic (exact) mass is 261 g/mol. The van der Waals surface area contributed by atoms with E-state index in [0.717, 1.165) is 5.56 Å². The van der Waals surface area contributed by atoms with Gasteiger partial charge in [-0.2, -0.15) is 0 Å². The minimum Gasteiger partial charge on any atom is -0.395 e. The summed E-state index contributed by atoms with van der Waals surface area (Å²) >= 11 is 3.09. The molecule has 0 aliphatic carbocycles. The molecule has 0 saturated heterocycles. The highest BCUT2D eigenvalue weighted by atomic mass is 79.9. The van der Waals surface area contributed by atoms with Gasteiger partial charge in [-0.1, -0.05) is 6.07 Å².